The molecular weight excluding hydrogens is 332 g/mol. The highest BCUT2D eigenvalue weighted by atomic mass is 32.1. The molecule has 2 heterocycles. The van der Waals surface area contributed by atoms with Crippen molar-refractivity contribution in [1.82, 2.24) is 9.55 Å². The van der Waals surface area contributed by atoms with Crippen LogP contribution in [0.15, 0.2) is 34.7 Å². The molecule has 0 saturated heterocycles. The molecule has 0 N–H and O–H groups in total. The lowest BCUT2D eigenvalue weighted by Crippen LogP contribution is -2.32. The van der Waals surface area contributed by atoms with Crippen molar-refractivity contribution < 1.29 is 19.4 Å². The van der Waals surface area contributed by atoms with Crippen LogP contribution in [0.25, 0.3) is 21.3 Å². The minimum absolute atomic E-state index is 0.371. The molecule has 1 aromatic carbocycles. The van der Waals surface area contributed by atoms with Gasteiger partial charge in [-0.2, -0.15) is 0 Å². The highest BCUT2D eigenvalue weighted by Gasteiger charge is 2.15. The van der Waals surface area contributed by atoms with Gasteiger partial charge in [0.1, 0.15) is 4.83 Å². The van der Waals surface area contributed by atoms with E-state index in [0.717, 1.165) is 10.1 Å². The molecule has 0 fully saturated rings. The Morgan fingerprint density at radius 1 is 1.29 bits per heavy atom. The van der Waals surface area contributed by atoms with E-state index in [-0.39, 0.29) is 0 Å². The van der Waals surface area contributed by atoms with Gasteiger partial charge in [0.25, 0.3) is 5.56 Å². The van der Waals surface area contributed by atoms with Crippen LogP contribution in [0.2, 0.25) is 0 Å². The van der Waals surface area contributed by atoms with Crippen molar-refractivity contribution in [3.63, 3.8) is 0 Å². The zero-order valence-electron chi connectivity index (χ0n) is 12.9. The molecule has 2 aromatic heterocycles. The molecule has 0 bridgehead atoms. The minimum atomic E-state index is -1.35. The third-order valence-electron chi connectivity index (χ3n) is 3.55. The number of carboxylic acid groups (broad SMARTS) is 1. The molecule has 0 spiro atoms. The van der Waals surface area contributed by atoms with Crippen molar-refractivity contribution in [3.05, 3.63) is 40.3 Å². The molecule has 0 saturated carbocycles. The number of ether oxygens (including phenoxy) is 2. The molecule has 0 amide bonds. The number of carbonyl (C=O) groups is 1. The largest absolute Gasteiger partial charge is 0.548 e. The van der Waals surface area contributed by atoms with E-state index in [1.54, 1.807) is 25.3 Å². The quantitative estimate of drug-likeness (QED) is 0.682. The molecule has 8 heteroatoms. The molecule has 3 rings (SSSR count). The average Bonchev–Trinajstić information content (AvgIpc) is 3.01. The number of thiophene rings is 1. The standard InChI is InChI=1S/C16H14N2O5S/c1-22-11-4-3-9(5-12(11)23-2)10-7-24-15-14(10)16(21)18(8-17-15)6-13(19)20/h3-5,7-8H,6H2,1-2H3,(H,19,20)/p-1. The van der Waals surface area contributed by atoms with Crippen molar-refractivity contribution in [2.24, 2.45) is 0 Å². The zero-order chi connectivity index (χ0) is 17.3. The topological polar surface area (TPSA) is 93.5 Å². The van der Waals surface area contributed by atoms with E-state index in [0.29, 0.717) is 27.3 Å². The summed E-state index contributed by atoms with van der Waals surface area (Å²) in [6.45, 7) is -0.539. The summed E-state index contributed by atoms with van der Waals surface area (Å²) in [6.07, 6.45) is 1.22. The lowest BCUT2D eigenvalue weighted by Gasteiger charge is -2.10. The number of methoxy groups -OCH3 is 2. The van der Waals surface area contributed by atoms with E-state index in [2.05, 4.69) is 4.98 Å². The monoisotopic (exact) mass is 345 g/mol. The summed E-state index contributed by atoms with van der Waals surface area (Å²) in [5.74, 6) is -0.234. The van der Waals surface area contributed by atoms with Gasteiger partial charge in [0.2, 0.25) is 0 Å². The summed E-state index contributed by atoms with van der Waals surface area (Å²) in [6, 6.07) is 5.31. The van der Waals surface area contributed by atoms with Crippen molar-refractivity contribution in [2.75, 3.05) is 14.2 Å². The van der Waals surface area contributed by atoms with Gasteiger partial charge in [-0.05, 0) is 17.7 Å². The Hall–Kier alpha value is -2.87. The van der Waals surface area contributed by atoms with E-state index in [4.69, 9.17) is 9.47 Å². The van der Waals surface area contributed by atoms with Gasteiger partial charge >= 0.3 is 0 Å². The van der Waals surface area contributed by atoms with Crippen LogP contribution in [0.5, 0.6) is 11.5 Å². The number of hydrogen-bond donors (Lipinski definition) is 0. The average molecular weight is 345 g/mol. The number of carboxylic acids is 1. The van der Waals surface area contributed by atoms with Crippen LogP contribution in [-0.2, 0) is 11.3 Å². The number of rotatable bonds is 5. The summed E-state index contributed by atoms with van der Waals surface area (Å²) in [5, 5.41) is 13.0. The van der Waals surface area contributed by atoms with Crippen LogP contribution >= 0.6 is 11.3 Å². The van der Waals surface area contributed by atoms with Crippen LogP contribution in [0.3, 0.4) is 0 Å². The summed E-state index contributed by atoms with van der Waals surface area (Å²) in [7, 11) is 3.07. The molecule has 0 unspecified atom stereocenters. The molecule has 124 valence electrons. The summed E-state index contributed by atoms with van der Waals surface area (Å²) >= 11 is 1.31. The van der Waals surface area contributed by atoms with E-state index in [1.807, 2.05) is 5.38 Å². The Kier molecular flexibility index (Phi) is 4.22. The predicted molar refractivity (Wildman–Crippen MR) is 87.4 cm³/mol. The van der Waals surface area contributed by atoms with Crippen molar-refractivity contribution in [2.45, 2.75) is 6.54 Å². The second kappa shape index (κ2) is 6.32. The van der Waals surface area contributed by atoms with E-state index in [9.17, 15) is 14.7 Å². The maximum atomic E-state index is 12.6. The van der Waals surface area contributed by atoms with E-state index < -0.39 is 18.1 Å². The van der Waals surface area contributed by atoms with E-state index in [1.165, 1.54) is 24.8 Å². The fourth-order valence-corrected chi connectivity index (χ4v) is 3.34. The number of benzene rings is 1. The van der Waals surface area contributed by atoms with Gasteiger partial charge in [-0.3, -0.25) is 9.36 Å². The third-order valence-corrected chi connectivity index (χ3v) is 4.44. The number of carbonyl (C=O) groups excluding carboxylic acids is 1. The Bertz CT molecular complexity index is 976. The summed E-state index contributed by atoms with van der Waals surface area (Å²) in [4.78, 5) is 28.1. The van der Waals surface area contributed by atoms with Gasteiger partial charge in [-0.1, -0.05) is 6.07 Å². The van der Waals surface area contributed by atoms with Crippen LogP contribution < -0.4 is 20.1 Å². The van der Waals surface area contributed by atoms with Crippen molar-refractivity contribution in [3.8, 4) is 22.6 Å². The Balaban J connectivity index is 2.20. The smallest absolute Gasteiger partial charge is 0.263 e. The van der Waals surface area contributed by atoms with Crippen LogP contribution in [0.4, 0.5) is 0 Å². The molecule has 3 aromatic rings. The van der Waals surface area contributed by atoms with Crippen LogP contribution in [-0.4, -0.2) is 29.7 Å². The SMILES string of the molecule is COc1ccc(-c2csc3ncn(CC(=O)[O-])c(=O)c23)cc1OC. The first-order valence-electron chi connectivity index (χ1n) is 6.94. The number of fused-ring (bicyclic) bond motifs is 1. The van der Waals surface area contributed by atoms with Gasteiger partial charge in [-0.15, -0.1) is 11.3 Å². The highest BCUT2D eigenvalue weighted by molar-refractivity contribution is 7.17. The second-order valence-corrected chi connectivity index (χ2v) is 5.81. The molecule has 7 nitrogen and oxygen atoms in total. The van der Waals surface area contributed by atoms with Gasteiger partial charge in [0.15, 0.2) is 11.5 Å². The second-order valence-electron chi connectivity index (χ2n) is 4.95. The minimum Gasteiger partial charge on any atom is -0.548 e. The maximum Gasteiger partial charge on any atom is 0.263 e. The number of aromatic nitrogens is 2. The zero-order valence-corrected chi connectivity index (χ0v) is 13.8. The maximum absolute atomic E-state index is 12.6. The number of nitrogens with zero attached hydrogens (tertiary/aromatic N) is 2. The molecule has 0 atom stereocenters. The lowest BCUT2D eigenvalue weighted by molar-refractivity contribution is -0.306. The Morgan fingerprint density at radius 3 is 2.71 bits per heavy atom. The molecule has 24 heavy (non-hydrogen) atoms. The third kappa shape index (κ3) is 2.71. The van der Waals surface area contributed by atoms with Gasteiger partial charge in [0, 0.05) is 10.9 Å². The van der Waals surface area contributed by atoms with Gasteiger partial charge < -0.3 is 19.4 Å². The molecule has 0 radical (unpaired) electrons. The first-order chi connectivity index (χ1) is 11.5. The van der Waals surface area contributed by atoms with E-state index >= 15 is 0 Å². The first kappa shape index (κ1) is 16.0. The molecule has 0 aliphatic heterocycles. The predicted octanol–water partition coefficient (Wildman–Crippen LogP) is 0.892. The van der Waals surface area contributed by atoms with Crippen LogP contribution in [0.1, 0.15) is 0 Å². The number of hydrogen-bond acceptors (Lipinski definition) is 7. The Labute approximate surface area is 140 Å². The van der Waals surface area contributed by atoms with Crippen molar-refractivity contribution in [1.29, 1.82) is 0 Å². The number of aliphatic carboxylic acids is 1. The normalized spacial score (nSPS) is 10.8. The summed E-state index contributed by atoms with van der Waals surface area (Å²) < 4.78 is 11.5. The summed E-state index contributed by atoms with van der Waals surface area (Å²) in [5.41, 5.74) is 1.00. The lowest BCUT2D eigenvalue weighted by atomic mass is 10.1. The van der Waals surface area contributed by atoms with Crippen molar-refractivity contribution >= 4 is 27.5 Å². The fraction of sp³-hybridized carbons (Fsp3) is 0.188. The first-order valence-corrected chi connectivity index (χ1v) is 7.82. The molecular formula is C16H13N2O5S-. The van der Waals surface area contributed by atoms with Gasteiger partial charge in [0.05, 0.1) is 38.4 Å². The molecule has 0 aliphatic carbocycles. The molecule has 0 aliphatic rings. The Morgan fingerprint density at radius 2 is 2.04 bits per heavy atom. The van der Waals surface area contributed by atoms with Crippen LogP contribution in [0, 0.1) is 0 Å². The highest BCUT2D eigenvalue weighted by Crippen LogP contribution is 2.36. The van der Waals surface area contributed by atoms with Gasteiger partial charge in [-0.25, -0.2) is 4.98 Å². The fourth-order valence-electron chi connectivity index (χ4n) is 2.44.